The number of hydrogen-bond donors (Lipinski definition) is 2. The summed E-state index contributed by atoms with van der Waals surface area (Å²) in [7, 11) is 4.85. The zero-order valence-corrected chi connectivity index (χ0v) is 13.0. The highest BCUT2D eigenvalue weighted by molar-refractivity contribution is 5.53. The van der Waals surface area contributed by atoms with E-state index in [1.807, 2.05) is 19.1 Å². The van der Waals surface area contributed by atoms with Crippen molar-refractivity contribution in [2.24, 2.45) is 5.73 Å². The molecule has 0 aliphatic carbocycles. The third kappa shape index (κ3) is 4.58. The van der Waals surface area contributed by atoms with Gasteiger partial charge in [-0.15, -0.1) is 0 Å². The average Bonchev–Trinajstić information content (AvgIpc) is 2.43. The first kappa shape index (κ1) is 16.6. The largest absolute Gasteiger partial charge is 0.493 e. The summed E-state index contributed by atoms with van der Waals surface area (Å²) in [6.45, 7) is 4.91. The first-order chi connectivity index (χ1) is 9.51. The second-order valence-corrected chi connectivity index (χ2v) is 5.02. The van der Waals surface area contributed by atoms with Gasteiger partial charge in [0.05, 0.1) is 21.3 Å². The van der Waals surface area contributed by atoms with Crippen LogP contribution in [-0.4, -0.2) is 40.0 Å². The molecule has 0 radical (unpaired) electrons. The Bertz CT molecular complexity index is 397. The van der Waals surface area contributed by atoms with E-state index in [2.05, 4.69) is 12.2 Å². The molecule has 5 nitrogen and oxygen atoms in total. The molecule has 0 aromatic heterocycles. The summed E-state index contributed by atoms with van der Waals surface area (Å²) in [6, 6.07) is 4.43. The number of rotatable bonds is 8. The minimum absolute atomic E-state index is 0.150. The molecule has 2 atom stereocenters. The summed E-state index contributed by atoms with van der Waals surface area (Å²) in [5.41, 5.74) is 6.87. The molecule has 0 spiro atoms. The Morgan fingerprint density at radius 2 is 1.60 bits per heavy atom. The lowest BCUT2D eigenvalue weighted by Gasteiger charge is -2.18. The maximum atomic E-state index is 5.74. The lowest BCUT2D eigenvalue weighted by atomic mass is 10.1. The molecule has 0 bridgehead atoms. The van der Waals surface area contributed by atoms with Gasteiger partial charge in [-0.05, 0) is 38.0 Å². The minimum atomic E-state index is 0.150. The second kappa shape index (κ2) is 7.97. The van der Waals surface area contributed by atoms with Gasteiger partial charge in [0.2, 0.25) is 5.75 Å². The quantitative estimate of drug-likeness (QED) is 0.758. The van der Waals surface area contributed by atoms with Crippen molar-refractivity contribution in [1.82, 2.24) is 5.32 Å². The van der Waals surface area contributed by atoms with Crippen LogP contribution in [0.1, 0.15) is 19.4 Å². The summed E-state index contributed by atoms with van der Waals surface area (Å²) in [5.74, 6) is 1.98. The molecule has 0 fully saturated rings. The number of hydrogen-bond acceptors (Lipinski definition) is 5. The van der Waals surface area contributed by atoms with Gasteiger partial charge in [-0.2, -0.15) is 0 Å². The van der Waals surface area contributed by atoms with E-state index in [9.17, 15) is 0 Å². The van der Waals surface area contributed by atoms with Crippen molar-refractivity contribution in [3.63, 3.8) is 0 Å². The molecule has 1 aromatic rings. The molecule has 0 heterocycles. The van der Waals surface area contributed by atoms with Crippen LogP contribution in [0.5, 0.6) is 17.2 Å². The molecule has 0 amide bonds. The summed E-state index contributed by atoms with van der Waals surface area (Å²) >= 11 is 0. The predicted molar refractivity (Wildman–Crippen MR) is 80.9 cm³/mol. The number of methoxy groups -OCH3 is 3. The molecule has 0 saturated carbocycles. The molecule has 20 heavy (non-hydrogen) atoms. The molecular weight excluding hydrogens is 256 g/mol. The molecule has 0 saturated heterocycles. The maximum Gasteiger partial charge on any atom is 0.203 e. The molecule has 1 rings (SSSR count). The molecule has 0 aliphatic heterocycles. The average molecular weight is 282 g/mol. The fraction of sp³-hybridized carbons (Fsp3) is 0.600. The lowest BCUT2D eigenvalue weighted by molar-refractivity contribution is 0.323. The van der Waals surface area contributed by atoms with E-state index in [-0.39, 0.29) is 6.04 Å². The van der Waals surface area contributed by atoms with Crippen LogP contribution >= 0.6 is 0 Å². The number of benzene rings is 1. The highest BCUT2D eigenvalue weighted by Gasteiger charge is 2.14. The maximum absolute atomic E-state index is 5.74. The van der Waals surface area contributed by atoms with Crippen LogP contribution in [0.4, 0.5) is 0 Å². The Morgan fingerprint density at radius 3 is 2.00 bits per heavy atom. The number of nitrogens with one attached hydrogen (secondary N) is 1. The van der Waals surface area contributed by atoms with E-state index in [0.717, 1.165) is 18.5 Å². The zero-order chi connectivity index (χ0) is 15.1. The Morgan fingerprint density at radius 1 is 1.05 bits per heavy atom. The van der Waals surface area contributed by atoms with Gasteiger partial charge in [0.25, 0.3) is 0 Å². The van der Waals surface area contributed by atoms with Crippen LogP contribution in [-0.2, 0) is 6.42 Å². The van der Waals surface area contributed by atoms with Crippen LogP contribution in [0, 0.1) is 0 Å². The minimum Gasteiger partial charge on any atom is -0.493 e. The van der Waals surface area contributed by atoms with E-state index in [1.165, 1.54) is 0 Å². The third-order valence-corrected chi connectivity index (χ3v) is 3.05. The van der Waals surface area contributed by atoms with Gasteiger partial charge >= 0.3 is 0 Å². The van der Waals surface area contributed by atoms with Gasteiger partial charge in [-0.1, -0.05) is 0 Å². The summed E-state index contributed by atoms with van der Waals surface area (Å²) < 4.78 is 16.0. The van der Waals surface area contributed by atoms with Gasteiger partial charge in [-0.25, -0.2) is 0 Å². The van der Waals surface area contributed by atoms with Gasteiger partial charge in [-0.3, -0.25) is 0 Å². The van der Waals surface area contributed by atoms with Crippen LogP contribution in [0.2, 0.25) is 0 Å². The zero-order valence-electron chi connectivity index (χ0n) is 13.0. The van der Waals surface area contributed by atoms with Gasteiger partial charge in [0, 0.05) is 18.6 Å². The normalized spacial score (nSPS) is 13.7. The van der Waals surface area contributed by atoms with Crippen LogP contribution < -0.4 is 25.3 Å². The Balaban J connectivity index is 2.85. The van der Waals surface area contributed by atoms with Crippen LogP contribution in [0.15, 0.2) is 12.1 Å². The van der Waals surface area contributed by atoms with Gasteiger partial charge < -0.3 is 25.3 Å². The van der Waals surface area contributed by atoms with Crippen LogP contribution in [0.3, 0.4) is 0 Å². The molecule has 3 N–H and O–H groups in total. The number of ether oxygens (including phenoxy) is 3. The summed E-state index contributed by atoms with van der Waals surface area (Å²) in [6.07, 6.45) is 0.865. The van der Waals surface area contributed by atoms with Gasteiger partial charge in [0.15, 0.2) is 11.5 Å². The smallest absolute Gasteiger partial charge is 0.203 e. The van der Waals surface area contributed by atoms with Crippen molar-refractivity contribution < 1.29 is 14.2 Å². The Kier molecular flexibility index (Phi) is 6.61. The van der Waals surface area contributed by atoms with E-state index in [4.69, 9.17) is 19.9 Å². The van der Waals surface area contributed by atoms with Gasteiger partial charge in [0.1, 0.15) is 0 Å². The van der Waals surface area contributed by atoms with E-state index in [1.54, 1.807) is 21.3 Å². The summed E-state index contributed by atoms with van der Waals surface area (Å²) in [5, 5.41) is 3.40. The van der Waals surface area contributed by atoms with Crippen molar-refractivity contribution >= 4 is 0 Å². The van der Waals surface area contributed by atoms with Crippen molar-refractivity contribution in [3.8, 4) is 17.2 Å². The van der Waals surface area contributed by atoms with E-state index in [0.29, 0.717) is 23.3 Å². The van der Waals surface area contributed by atoms with Crippen molar-refractivity contribution in [2.45, 2.75) is 32.4 Å². The second-order valence-electron chi connectivity index (χ2n) is 5.02. The third-order valence-electron chi connectivity index (χ3n) is 3.05. The van der Waals surface area contributed by atoms with E-state index < -0.39 is 0 Å². The molecule has 2 unspecified atom stereocenters. The fourth-order valence-electron chi connectivity index (χ4n) is 2.07. The topological polar surface area (TPSA) is 65.7 Å². The lowest BCUT2D eigenvalue weighted by Crippen LogP contribution is -2.37. The van der Waals surface area contributed by atoms with E-state index >= 15 is 0 Å². The fourth-order valence-corrected chi connectivity index (χ4v) is 2.07. The standard InChI is InChI=1S/C15H26N2O3/c1-10(16)9-17-11(2)6-12-7-13(18-3)15(20-5)14(8-12)19-4/h7-8,10-11,17H,6,9,16H2,1-5H3. The van der Waals surface area contributed by atoms with Crippen molar-refractivity contribution in [2.75, 3.05) is 27.9 Å². The SMILES string of the molecule is COc1cc(CC(C)NCC(C)N)cc(OC)c1OC. The van der Waals surface area contributed by atoms with Crippen molar-refractivity contribution in [1.29, 1.82) is 0 Å². The molecule has 0 aliphatic rings. The highest BCUT2D eigenvalue weighted by Crippen LogP contribution is 2.38. The Labute approximate surface area is 121 Å². The summed E-state index contributed by atoms with van der Waals surface area (Å²) in [4.78, 5) is 0. The molecule has 5 heteroatoms. The first-order valence-corrected chi connectivity index (χ1v) is 6.79. The molecule has 1 aromatic carbocycles. The monoisotopic (exact) mass is 282 g/mol. The van der Waals surface area contributed by atoms with Crippen molar-refractivity contribution in [3.05, 3.63) is 17.7 Å². The molecular formula is C15H26N2O3. The van der Waals surface area contributed by atoms with Crippen LogP contribution in [0.25, 0.3) is 0 Å². The Hall–Kier alpha value is -1.46. The first-order valence-electron chi connectivity index (χ1n) is 6.79. The number of nitrogens with two attached hydrogens (primary N) is 1. The predicted octanol–water partition coefficient (Wildman–Crippen LogP) is 1.58. The highest BCUT2D eigenvalue weighted by atomic mass is 16.5. The molecule has 114 valence electrons.